The molecule has 1 aromatic rings. The van der Waals surface area contributed by atoms with Gasteiger partial charge < -0.3 is 15.2 Å². The predicted octanol–water partition coefficient (Wildman–Crippen LogP) is 2.51. The van der Waals surface area contributed by atoms with E-state index in [4.69, 9.17) is 9.84 Å². The average Bonchev–Trinajstić information content (AvgIpc) is 2.51. The molecule has 0 radical (unpaired) electrons. The highest BCUT2D eigenvalue weighted by Gasteiger charge is 2.19. The monoisotopic (exact) mass is 292 g/mol. The lowest BCUT2D eigenvalue weighted by molar-refractivity contribution is 0.164. The number of hydrogen-bond donors (Lipinski definition) is 2. The van der Waals surface area contributed by atoms with Gasteiger partial charge in [0.15, 0.2) is 0 Å². The van der Waals surface area contributed by atoms with Gasteiger partial charge in [-0.25, -0.2) is 0 Å². The fourth-order valence-corrected chi connectivity index (χ4v) is 2.91. The highest BCUT2D eigenvalue weighted by molar-refractivity contribution is 5.59. The topological polar surface area (TPSA) is 44.7 Å². The van der Waals surface area contributed by atoms with Gasteiger partial charge in [0.05, 0.1) is 18.8 Å². The van der Waals surface area contributed by atoms with Gasteiger partial charge >= 0.3 is 0 Å². The summed E-state index contributed by atoms with van der Waals surface area (Å²) >= 11 is 0. The molecule has 2 N–H and O–H groups in total. The van der Waals surface area contributed by atoms with E-state index < -0.39 is 0 Å². The molecule has 0 saturated carbocycles. The van der Waals surface area contributed by atoms with Crippen molar-refractivity contribution in [2.45, 2.75) is 45.8 Å². The van der Waals surface area contributed by atoms with E-state index in [9.17, 15) is 0 Å². The SMILES string of the molecule is CCC1CNc2cc(CC(C)N(CC)CCO)ccc2O1. The van der Waals surface area contributed by atoms with Gasteiger partial charge in [-0.1, -0.05) is 19.9 Å². The first-order valence-electron chi connectivity index (χ1n) is 8.06. The number of benzene rings is 1. The first kappa shape index (κ1) is 16.1. The Morgan fingerprint density at radius 3 is 2.90 bits per heavy atom. The Kier molecular flexibility index (Phi) is 5.88. The molecule has 2 unspecified atom stereocenters. The second-order valence-corrected chi connectivity index (χ2v) is 5.76. The smallest absolute Gasteiger partial charge is 0.142 e. The maximum Gasteiger partial charge on any atom is 0.142 e. The Balaban J connectivity index is 2.02. The minimum absolute atomic E-state index is 0.218. The van der Waals surface area contributed by atoms with Gasteiger partial charge in [-0.3, -0.25) is 4.90 Å². The number of fused-ring (bicyclic) bond motifs is 1. The van der Waals surface area contributed by atoms with Gasteiger partial charge in [-0.15, -0.1) is 0 Å². The van der Waals surface area contributed by atoms with E-state index >= 15 is 0 Å². The molecule has 1 aliphatic heterocycles. The lowest BCUT2D eigenvalue weighted by Crippen LogP contribution is -2.36. The third-order valence-electron chi connectivity index (χ3n) is 4.26. The number of ether oxygens (including phenoxy) is 1. The van der Waals surface area contributed by atoms with E-state index in [1.807, 2.05) is 0 Å². The molecule has 4 nitrogen and oxygen atoms in total. The van der Waals surface area contributed by atoms with E-state index in [2.05, 4.69) is 49.2 Å². The quantitative estimate of drug-likeness (QED) is 0.810. The van der Waals surface area contributed by atoms with Crippen molar-refractivity contribution in [2.75, 3.05) is 31.6 Å². The molecule has 2 rings (SSSR count). The van der Waals surface area contributed by atoms with Gasteiger partial charge in [-0.05, 0) is 44.0 Å². The molecule has 0 bridgehead atoms. The third kappa shape index (κ3) is 4.11. The molecule has 0 aromatic heterocycles. The summed E-state index contributed by atoms with van der Waals surface area (Å²) in [5, 5.41) is 12.6. The maximum absolute atomic E-state index is 9.12. The third-order valence-corrected chi connectivity index (χ3v) is 4.26. The van der Waals surface area contributed by atoms with Crippen molar-refractivity contribution in [1.29, 1.82) is 0 Å². The van der Waals surface area contributed by atoms with Crippen molar-refractivity contribution in [2.24, 2.45) is 0 Å². The van der Waals surface area contributed by atoms with Crippen LogP contribution >= 0.6 is 0 Å². The van der Waals surface area contributed by atoms with Crippen LogP contribution in [0, 0.1) is 0 Å². The zero-order valence-electron chi connectivity index (χ0n) is 13.4. The Morgan fingerprint density at radius 1 is 1.43 bits per heavy atom. The van der Waals surface area contributed by atoms with Gasteiger partial charge in [0, 0.05) is 12.6 Å². The van der Waals surface area contributed by atoms with Crippen LogP contribution in [0.4, 0.5) is 5.69 Å². The van der Waals surface area contributed by atoms with Crippen molar-refractivity contribution < 1.29 is 9.84 Å². The number of aliphatic hydroxyl groups excluding tert-OH is 1. The molecule has 118 valence electrons. The van der Waals surface area contributed by atoms with Crippen molar-refractivity contribution in [1.82, 2.24) is 4.90 Å². The minimum Gasteiger partial charge on any atom is -0.486 e. The lowest BCUT2D eigenvalue weighted by Gasteiger charge is -2.29. The van der Waals surface area contributed by atoms with Crippen molar-refractivity contribution >= 4 is 5.69 Å². The number of hydrogen-bond acceptors (Lipinski definition) is 4. The number of nitrogens with one attached hydrogen (secondary N) is 1. The van der Waals surface area contributed by atoms with E-state index in [1.54, 1.807) is 0 Å². The summed E-state index contributed by atoms with van der Waals surface area (Å²) in [4.78, 5) is 2.30. The van der Waals surface area contributed by atoms with Crippen LogP contribution in [0.25, 0.3) is 0 Å². The second kappa shape index (κ2) is 7.66. The first-order chi connectivity index (χ1) is 10.2. The zero-order valence-corrected chi connectivity index (χ0v) is 13.4. The van der Waals surface area contributed by atoms with Gasteiger partial charge in [0.25, 0.3) is 0 Å². The predicted molar refractivity (Wildman–Crippen MR) is 87.1 cm³/mol. The molecule has 1 aliphatic rings. The van der Waals surface area contributed by atoms with E-state index in [0.29, 0.717) is 6.04 Å². The number of nitrogens with zero attached hydrogens (tertiary/aromatic N) is 1. The van der Waals surface area contributed by atoms with Crippen molar-refractivity contribution in [3.8, 4) is 5.75 Å². The van der Waals surface area contributed by atoms with Crippen molar-refractivity contribution in [3.05, 3.63) is 23.8 Å². The number of rotatable bonds is 7. The standard InChI is InChI=1S/C17H28N2O2/c1-4-15-12-18-16-11-14(6-7-17(16)21-15)10-13(3)19(5-2)8-9-20/h6-7,11,13,15,18,20H,4-5,8-10,12H2,1-3H3. The van der Waals surface area contributed by atoms with Crippen LogP contribution < -0.4 is 10.1 Å². The van der Waals surface area contributed by atoms with Gasteiger partial charge in [-0.2, -0.15) is 0 Å². The summed E-state index contributed by atoms with van der Waals surface area (Å²) in [5.74, 6) is 0.965. The summed E-state index contributed by atoms with van der Waals surface area (Å²) in [7, 11) is 0. The van der Waals surface area contributed by atoms with Crippen LogP contribution in [0.2, 0.25) is 0 Å². The second-order valence-electron chi connectivity index (χ2n) is 5.76. The maximum atomic E-state index is 9.12. The highest BCUT2D eigenvalue weighted by Crippen LogP contribution is 2.31. The average molecular weight is 292 g/mol. The molecule has 4 heteroatoms. The van der Waals surface area contributed by atoms with Crippen LogP contribution in [-0.2, 0) is 6.42 Å². The Morgan fingerprint density at radius 2 is 2.24 bits per heavy atom. The molecular formula is C17H28N2O2. The molecule has 1 heterocycles. The summed E-state index contributed by atoms with van der Waals surface area (Å²) in [6, 6.07) is 6.86. The fraction of sp³-hybridized carbons (Fsp3) is 0.647. The summed E-state index contributed by atoms with van der Waals surface area (Å²) in [6.45, 7) is 9.31. The molecule has 0 saturated heterocycles. The largest absolute Gasteiger partial charge is 0.486 e. The number of likely N-dealkylation sites (N-methyl/N-ethyl adjacent to an activating group) is 1. The van der Waals surface area contributed by atoms with Crippen LogP contribution in [0.5, 0.6) is 5.75 Å². The first-order valence-corrected chi connectivity index (χ1v) is 8.06. The Hall–Kier alpha value is -1.26. The molecular weight excluding hydrogens is 264 g/mol. The van der Waals surface area contributed by atoms with Gasteiger partial charge in [0.1, 0.15) is 11.9 Å². The molecule has 21 heavy (non-hydrogen) atoms. The summed E-state index contributed by atoms with van der Waals surface area (Å²) in [5.41, 5.74) is 2.42. The Labute approximate surface area is 128 Å². The lowest BCUT2D eigenvalue weighted by atomic mass is 10.0. The van der Waals surface area contributed by atoms with Crippen LogP contribution in [0.1, 0.15) is 32.8 Å². The van der Waals surface area contributed by atoms with E-state index in [-0.39, 0.29) is 12.7 Å². The molecule has 1 aromatic carbocycles. The van der Waals surface area contributed by atoms with Crippen LogP contribution in [0.15, 0.2) is 18.2 Å². The number of aliphatic hydroxyl groups is 1. The minimum atomic E-state index is 0.218. The summed E-state index contributed by atoms with van der Waals surface area (Å²) in [6.07, 6.45) is 2.29. The highest BCUT2D eigenvalue weighted by atomic mass is 16.5. The van der Waals surface area contributed by atoms with Crippen LogP contribution in [-0.4, -0.2) is 48.4 Å². The molecule has 2 atom stereocenters. The fourth-order valence-electron chi connectivity index (χ4n) is 2.91. The van der Waals surface area contributed by atoms with Crippen LogP contribution in [0.3, 0.4) is 0 Å². The Bertz CT molecular complexity index is 450. The van der Waals surface area contributed by atoms with E-state index in [0.717, 1.165) is 43.9 Å². The molecule has 0 spiro atoms. The van der Waals surface area contributed by atoms with E-state index in [1.165, 1.54) is 5.56 Å². The zero-order chi connectivity index (χ0) is 15.2. The van der Waals surface area contributed by atoms with Gasteiger partial charge in [0.2, 0.25) is 0 Å². The summed E-state index contributed by atoms with van der Waals surface area (Å²) < 4.78 is 5.94. The van der Waals surface area contributed by atoms with Crippen molar-refractivity contribution in [3.63, 3.8) is 0 Å². The molecule has 0 amide bonds. The molecule has 0 fully saturated rings. The normalized spacial score (nSPS) is 18.8. The molecule has 0 aliphatic carbocycles. The number of anilines is 1.